The molecule has 0 aliphatic carbocycles. The van der Waals surface area contributed by atoms with Gasteiger partial charge in [-0.05, 0) is 12.8 Å². The lowest BCUT2D eigenvalue weighted by Crippen LogP contribution is -2.26. The van der Waals surface area contributed by atoms with Gasteiger partial charge in [-0.3, -0.25) is 5.43 Å². The van der Waals surface area contributed by atoms with Crippen molar-refractivity contribution in [2.24, 2.45) is 11.8 Å². The smallest absolute Gasteiger partial charge is 0.239 e. The highest BCUT2D eigenvalue weighted by molar-refractivity contribution is 6.32. The Morgan fingerprint density at radius 1 is 1.41 bits per heavy atom. The minimum atomic E-state index is 0.308. The number of nitrogens with zero attached hydrogens (tertiary/aromatic N) is 2. The molecule has 1 rings (SSSR count). The summed E-state index contributed by atoms with van der Waals surface area (Å²) in [5, 5.41) is 3.81. The Kier molecular flexibility index (Phi) is 5.44. The number of nitrogens with one attached hydrogen (secondary N) is 2. The van der Waals surface area contributed by atoms with Gasteiger partial charge in [0.1, 0.15) is 5.02 Å². The van der Waals surface area contributed by atoms with Gasteiger partial charge in [0.25, 0.3) is 0 Å². The second-order valence-electron chi connectivity index (χ2n) is 4.04. The van der Waals surface area contributed by atoms with E-state index in [1.165, 1.54) is 6.20 Å². The molecule has 96 valence electrons. The molecule has 0 amide bonds. The molecule has 0 aliphatic heterocycles. The first-order chi connectivity index (χ1) is 8.12. The Morgan fingerprint density at radius 2 is 2.06 bits per heavy atom. The van der Waals surface area contributed by atoms with Crippen LogP contribution in [0.25, 0.3) is 0 Å². The molecule has 0 bridgehead atoms. The molecule has 17 heavy (non-hydrogen) atoms. The average molecular weight is 258 g/mol. The third-order valence-corrected chi connectivity index (χ3v) is 3.27. The number of aromatic nitrogens is 2. The lowest BCUT2D eigenvalue weighted by molar-refractivity contribution is 0.437. The standard InChI is InChI=1S/C11H20ClN5/c1-4-8(5-2)7(3)15-10-9(12)6-14-11(16-10)17-13/h6-8H,4-5,13H2,1-3H3,(H2,14,15,16,17). The lowest BCUT2D eigenvalue weighted by atomic mass is 9.95. The van der Waals surface area contributed by atoms with E-state index in [1.807, 2.05) is 0 Å². The van der Waals surface area contributed by atoms with Crippen LogP contribution in [0.15, 0.2) is 6.20 Å². The Balaban J connectivity index is 2.79. The van der Waals surface area contributed by atoms with Crippen molar-refractivity contribution < 1.29 is 0 Å². The number of hydrogen-bond donors (Lipinski definition) is 3. The van der Waals surface area contributed by atoms with Gasteiger partial charge >= 0.3 is 0 Å². The topological polar surface area (TPSA) is 75.9 Å². The van der Waals surface area contributed by atoms with E-state index in [0.29, 0.717) is 28.7 Å². The number of hydrazine groups is 1. The summed E-state index contributed by atoms with van der Waals surface area (Å²) in [5.74, 6) is 6.83. The highest BCUT2D eigenvalue weighted by Gasteiger charge is 2.15. The fourth-order valence-corrected chi connectivity index (χ4v) is 2.01. The molecular weight excluding hydrogens is 238 g/mol. The van der Waals surface area contributed by atoms with Crippen LogP contribution in [0.5, 0.6) is 0 Å². The van der Waals surface area contributed by atoms with E-state index in [9.17, 15) is 0 Å². The van der Waals surface area contributed by atoms with E-state index < -0.39 is 0 Å². The normalized spacial score (nSPS) is 12.6. The van der Waals surface area contributed by atoms with Gasteiger partial charge in [0.15, 0.2) is 5.82 Å². The molecule has 1 aromatic rings. The Morgan fingerprint density at radius 3 is 2.59 bits per heavy atom. The van der Waals surface area contributed by atoms with Gasteiger partial charge in [-0.2, -0.15) is 4.98 Å². The molecule has 0 saturated heterocycles. The summed E-state index contributed by atoms with van der Waals surface area (Å²) in [4.78, 5) is 8.12. The second-order valence-corrected chi connectivity index (χ2v) is 4.45. The Hall–Kier alpha value is -1.07. The maximum atomic E-state index is 6.03. The zero-order valence-electron chi connectivity index (χ0n) is 10.5. The summed E-state index contributed by atoms with van der Waals surface area (Å²) >= 11 is 6.03. The number of hydrogen-bond acceptors (Lipinski definition) is 5. The predicted molar refractivity (Wildman–Crippen MR) is 72.0 cm³/mol. The second kappa shape index (κ2) is 6.61. The SMILES string of the molecule is CCC(CC)C(C)Nc1nc(NN)ncc1Cl. The Bertz CT molecular complexity index is 354. The molecule has 1 unspecified atom stereocenters. The van der Waals surface area contributed by atoms with Crippen LogP contribution >= 0.6 is 11.6 Å². The molecule has 1 atom stereocenters. The molecule has 6 heteroatoms. The van der Waals surface area contributed by atoms with Crippen molar-refractivity contribution in [3.05, 3.63) is 11.2 Å². The first-order valence-electron chi connectivity index (χ1n) is 5.88. The highest BCUT2D eigenvalue weighted by atomic mass is 35.5. The van der Waals surface area contributed by atoms with Crippen molar-refractivity contribution in [1.29, 1.82) is 0 Å². The monoisotopic (exact) mass is 257 g/mol. The van der Waals surface area contributed by atoms with E-state index in [0.717, 1.165) is 12.8 Å². The van der Waals surface area contributed by atoms with Crippen molar-refractivity contribution in [2.75, 3.05) is 10.7 Å². The van der Waals surface area contributed by atoms with Crippen LogP contribution in [0.2, 0.25) is 5.02 Å². The quantitative estimate of drug-likeness (QED) is 0.540. The maximum absolute atomic E-state index is 6.03. The summed E-state index contributed by atoms with van der Waals surface area (Å²) in [7, 11) is 0. The number of anilines is 2. The Labute approximate surface area is 107 Å². The number of nitrogen functional groups attached to an aromatic ring is 1. The molecule has 1 heterocycles. The fraction of sp³-hybridized carbons (Fsp3) is 0.636. The molecule has 0 fully saturated rings. The predicted octanol–water partition coefficient (Wildman–Crippen LogP) is 2.65. The van der Waals surface area contributed by atoms with Gasteiger partial charge in [0.2, 0.25) is 5.95 Å². The molecular formula is C11H20ClN5. The van der Waals surface area contributed by atoms with E-state index in [4.69, 9.17) is 17.4 Å². The summed E-state index contributed by atoms with van der Waals surface area (Å²) < 4.78 is 0. The zero-order valence-corrected chi connectivity index (χ0v) is 11.3. The van der Waals surface area contributed by atoms with Crippen molar-refractivity contribution in [1.82, 2.24) is 9.97 Å². The van der Waals surface area contributed by atoms with Crippen molar-refractivity contribution in [2.45, 2.75) is 39.7 Å². The van der Waals surface area contributed by atoms with Crippen LogP contribution in [0.1, 0.15) is 33.6 Å². The first kappa shape index (κ1) is 14.0. The van der Waals surface area contributed by atoms with E-state index in [-0.39, 0.29) is 0 Å². The molecule has 0 spiro atoms. The summed E-state index contributed by atoms with van der Waals surface area (Å²) in [6, 6.07) is 0.308. The van der Waals surface area contributed by atoms with E-state index >= 15 is 0 Å². The summed E-state index contributed by atoms with van der Waals surface area (Å²) in [6.45, 7) is 6.49. The summed E-state index contributed by atoms with van der Waals surface area (Å²) in [5.41, 5.74) is 2.40. The fourth-order valence-electron chi connectivity index (χ4n) is 1.87. The highest BCUT2D eigenvalue weighted by Crippen LogP contribution is 2.23. The van der Waals surface area contributed by atoms with Crippen LogP contribution in [-0.2, 0) is 0 Å². The van der Waals surface area contributed by atoms with Crippen molar-refractivity contribution in [3.8, 4) is 0 Å². The maximum Gasteiger partial charge on any atom is 0.239 e. The minimum Gasteiger partial charge on any atom is -0.366 e. The van der Waals surface area contributed by atoms with Gasteiger partial charge in [0, 0.05) is 6.04 Å². The lowest BCUT2D eigenvalue weighted by Gasteiger charge is -2.23. The van der Waals surface area contributed by atoms with Crippen LogP contribution in [0.4, 0.5) is 11.8 Å². The molecule has 0 aromatic carbocycles. The van der Waals surface area contributed by atoms with Gasteiger partial charge in [-0.15, -0.1) is 0 Å². The number of nitrogens with two attached hydrogens (primary N) is 1. The molecule has 4 N–H and O–H groups in total. The van der Waals surface area contributed by atoms with Gasteiger partial charge < -0.3 is 5.32 Å². The van der Waals surface area contributed by atoms with Crippen LogP contribution in [0, 0.1) is 5.92 Å². The average Bonchev–Trinajstić information content (AvgIpc) is 2.33. The third-order valence-electron chi connectivity index (χ3n) is 2.99. The van der Waals surface area contributed by atoms with Gasteiger partial charge in [-0.25, -0.2) is 10.8 Å². The third kappa shape index (κ3) is 3.71. The van der Waals surface area contributed by atoms with Gasteiger partial charge in [-0.1, -0.05) is 38.3 Å². The molecule has 0 saturated carbocycles. The molecule has 0 aliphatic rings. The largest absolute Gasteiger partial charge is 0.366 e. The minimum absolute atomic E-state index is 0.308. The molecule has 0 radical (unpaired) electrons. The van der Waals surface area contributed by atoms with Crippen LogP contribution < -0.4 is 16.6 Å². The molecule has 1 aromatic heterocycles. The van der Waals surface area contributed by atoms with Gasteiger partial charge in [0.05, 0.1) is 6.20 Å². The van der Waals surface area contributed by atoms with E-state index in [2.05, 4.69) is 41.5 Å². The van der Waals surface area contributed by atoms with E-state index in [1.54, 1.807) is 0 Å². The van der Waals surface area contributed by atoms with Crippen molar-refractivity contribution in [3.63, 3.8) is 0 Å². The number of halogens is 1. The number of rotatable bonds is 6. The first-order valence-corrected chi connectivity index (χ1v) is 6.25. The summed E-state index contributed by atoms with van der Waals surface area (Å²) in [6.07, 6.45) is 3.77. The van der Waals surface area contributed by atoms with Crippen LogP contribution in [0.3, 0.4) is 0 Å². The van der Waals surface area contributed by atoms with Crippen LogP contribution in [-0.4, -0.2) is 16.0 Å². The molecule has 5 nitrogen and oxygen atoms in total. The zero-order chi connectivity index (χ0) is 12.8. The van der Waals surface area contributed by atoms with Crippen molar-refractivity contribution >= 4 is 23.4 Å².